The number of rotatable bonds is 3. The lowest BCUT2D eigenvalue weighted by Crippen LogP contribution is -1.83. The van der Waals surface area contributed by atoms with E-state index < -0.39 is 0 Å². The molecule has 0 saturated heterocycles. The normalized spacial score (nSPS) is 10.9. The van der Waals surface area contributed by atoms with Gasteiger partial charge in [-0.25, -0.2) is 0 Å². The predicted octanol–water partition coefficient (Wildman–Crippen LogP) is 4.73. The van der Waals surface area contributed by atoms with Crippen molar-refractivity contribution < 1.29 is 19.7 Å². The highest BCUT2D eigenvalue weighted by Crippen LogP contribution is 2.35. The second kappa shape index (κ2) is 5.72. The maximum atomic E-state index is 9.88. The first-order valence-electron chi connectivity index (χ1n) is 7.34. The highest BCUT2D eigenvalue weighted by atomic mass is 16.3. The summed E-state index contributed by atoms with van der Waals surface area (Å²) in [7, 11) is 0. The molecular weight excluding hydrogens is 292 g/mol. The molecular formula is C19H18O4. The molecule has 0 unspecified atom stereocenters. The van der Waals surface area contributed by atoms with E-state index in [-0.39, 0.29) is 17.2 Å². The van der Waals surface area contributed by atoms with Crippen LogP contribution in [0, 0.1) is 0 Å². The summed E-state index contributed by atoms with van der Waals surface area (Å²) in [5.41, 5.74) is 3.30. The van der Waals surface area contributed by atoms with Gasteiger partial charge in [0.2, 0.25) is 0 Å². The lowest BCUT2D eigenvalue weighted by molar-refractivity contribution is 0.450. The predicted molar refractivity (Wildman–Crippen MR) is 89.8 cm³/mol. The van der Waals surface area contributed by atoms with E-state index >= 15 is 0 Å². The molecule has 1 heterocycles. The van der Waals surface area contributed by atoms with Crippen molar-refractivity contribution in [3.05, 3.63) is 53.6 Å². The summed E-state index contributed by atoms with van der Waals surface area (Å²) in [6.07, 6.45) is 2.78. The number of hydrogen-bond acceptors (Lipinski definition) is 4. The Labute approximate surface area is 133 Å². The Hall–Kier alpha value is -2.88. The number of furan rings is 1. The van der Waals surface area contributed by atoms with Crippen LogP contribution in [0.3, 0.4) is 0 Å². The monoisotopic (exact) mass is 310 g/mol. The van der Waals surface area contributed by atoms with Crippen LogP contribution in [0.15, 0.2) is 52.5 Å². The van der Waals surface area contributed by atoms with Gasteiger partial charge in [0.1, 0.15) is 28.6 Å². The lowest BCUT2D eigenvalue weighted by atomic mass is 10.0. The Morgan fingerprint density at radius 3 is 2.22 bits per heavy atom. The standard InChI is InChI=1S/C19H18O4/c1-11(2)3-4-12-5-16(22)9-19-17(12)10-18(23-19)13-6-14(20)8-15(21)7-13/h3,5-10,20-22H,4H2,1-2H3. The summed E-state index contributed by atoms with van der Waals surface area (Å²) in [6, 6.07) is 9.45. The van der Waals surface area contributed by atoms with Crippen LogP contribution in [0.2, 0.25) is 0 Å². The number of benzene rings is 2. The summed E-state index contributed by atoms with van der Waals surface area (Å²) in [4.78, 5) is 0. The molecule has 0 atom stereocenters. The van der Waals surface area contributed by atoms with Crippen LogP contribution in [0.5, 0.6) is 17.2 Å². The minimum absolute atomic E-state index is 0.0342. The highest BCUT2D eigenvalue weighted by Gasteiger charge is 2.12. The quantitative estimate of drug-likeness (QED) is 0.612. The number of fused-ring (bicyclic) bond motifs is 1. The first-order chi connectivity index (χ1) is 10.9. The Morgan fingerprint density at radius 2 is 1.57 bits per heavy atom. The molecule has 0 aliphatic carbocycles. The van der Waals surface area contributed by atoms with Crippen LogP contribution in [-0.2, 0) is 6.42 Å². The maximum absolute atomic E-state index is 9.88. The number of phenols is 3. The second-order valence-corrected chi connectivity index (χ2v) is 5.85. The fraction of sp³-hybridized carbons (Fsp3) is 0.158. The fourth-order valence-corrected chi connectivity index (χ4v) is 2.56. The molecule has 0 spiro atoms. The van der Waals surface area contributed by atoms with Crippen LogP contribution in [0.25, 0.3) is 22.3 Å². The first kappa shape index (κ1) is 15.0. The highest BCUT2D eigenvalue weighted by molar-refractivity contribution is 5.87. The van der Waals surface area contributed by atoms with Crippen molar-refractivity contribution in [2.75, 3.05) is 0 Å². The van der Waals surface area contributed by atoms with E-state index in [9.17, 15) is 15.3 Å². The van der Waals surface area contributed by atoms with Gasteiger partial charge in [0, 0.05) is 23.1 Å². The molecule has 2 aromatic carbocycles. The molecule has 0 aliphatic rings. The molecule has 3 aromatic rings. The van der Waals surface area contributed by atoms with E-state index in [1.54, 1.807) is 12.1 Å². The summed E-state index contributed by atoms with van der Waals surface area (Å²) in [6.45, 7) is 4.05. The van der Waals surface area contributed by atoms with Gasteiger partial charge in [0.15, 0.2) is 0 Å². The van der Waals surface area contributed by atoms with Crippen molar-refractivity contribution in [2.24, 2.45) is 0 Å². The van der Waals surface area contributed by atoms with E-state index in [0.29, 0.717) is 23.3 Å². The number of phenolic OH excluding ortho intramolecular Hbond substituents is 3. The zero-order chi connectivity index (χ0) is 16.6. The Balaban J connectivity index is 2.14. The van der Waals surface area contributed by atoms with Crippen LogP contribution >= 0.6 is 0 Å². The van der Waals surface area contributed by atoms with Crippen molar-refractivity contribution in [3.8, 4) is 28.6 Å². The third-order valence-electron chi connectivity index (χ3n) is 3.63. The second-order valence-electron chi connectivity index (χ2n) is 5.85. The van der Waals surface area contributed by atoms with Gasteiger partial charge in [-0.15, -0.1) is 0 Å². The van der Waals surface area contributed by atoms with Crippen LogP contribution < -0.4 is 0 Å². The number of aromatic hydroxyl groups is 3. The first-order valence-corrected chi connectivity index (χ1v) is 7.34. The summed E-state index contributed by atoms with van der Waals surface area (Å²) in [5.74, 6) is 0.602. The van der Waals surface area contributed by atoms with Gasteiger partial charge >= 0.3 is 0 Å². The van der Waals surface area contributed by atoms with E-state index in [1.165, 1.54) is 23.8 Å². The van der Waals surface area contributed by atoms with Crippen molar-refractivity contribution in [3.63, 3.8) is 0 Å². The third kappa shape index (κ3) is 3.16. The molecule has 4 heteroatoms. The average Bonchev–Trinajstić information content (AvgIpc) is 2.87. The number of hydrogen-bond donors (Lipinski definition) is 3. The molecule has 3 rings (SSSR count). The van der Waals surface area contributed by atoms with E-state index in [1.807, 2.05) is 19.9 Å². The minimum atomic E-state index is -0.0342. The summed E-state index contributed by atoms with van der Waals surface area (Å²) < 4.78 is 5.79. The van der Waals surface area contributed by atoms with Crippen LogP contribution in [0.1, 0.15) is 19.4 Å². The van der Waals surface area contributed by atoms with Crippen LogP contribution in [-0.4, -0.2) is 15.3 Å². The average molecular weight is 310 g/mol. The van der Waals surface area contributed by atoms with E-state index in [4.69, 9.17) is 4.42 Å². The van der Waals surface area contributed by atoms with Crippen molar-refractivity contribution >= 4 is 11.0 Å². The third-order valence-corrected chi connectivity index (χ3v) is 3.63. The zero-order valence-electron chi connectivity index (χ0n) is 13.0. The maximum Gasteiger partial charge on any atom is 0.138 e. The molecule has 0 saturated carbocycles. The fourth-order valence-electron chi connectivity index (χ4n) is 2.56. The molecule has 0 fully saturated rings. The molecule has 4 nitrogen and oxygen atoms in total. The largest absolute Gasteiger partial charge is 0.508 e. The topological polar surface area (TPSA) is 73.8 Å². The van der Waals surface area contributed by atoms with Crippen LogP contribution in [0.4, 0.5) is 0 Å². The Bertz CT molecular complexity index is 879. The molecule has 23 heavy (non-hydrogen) atoms. The molecule has 3 N–H and O–H groups in total. The van der Waals surface area contributed by atoms with Gasteiger partial charge in [-0.3, -0.25) is 0 Å². The Kier molecular flexibility index (Phi) is 3.74. The molecule has 118 valence electrons. The molecule has 1 aromatic heterocycles. The molecule has 0 radical (unpaired) electrons. The van der Waals surface area contributed by atoms with E-state index in [0.717, 1.165) is 10.9 Å². The molecule has 0 bridgehead atoms. The molecule has 0 amide bonds. The number of allylic oxidation sites excluding steroid dienone is 2. The Morgan fingerprint density at radius 1 is 0.913 bits per heavy atom. The van der Waals surface area contributed by atoms with Gasteiger partial charge in [0.25, 0.3) is 0 Å². The SMILES string of the molecule is CC(C)=CCc1cc(O)cc2oc(-c3cc(O)cc(O)c3)cc12. The van der Waals surface area contributed by atoms with Gasteiger partial charge in [-0.1, -0.05) is 11.6 Å². The smallest absolute Gasteiger partial charge is 0.138 e. The lowest BCUT2D eigenvalue weighted by Gasteiger charge is -2.01. The minimum Gasteiger partial charge on any atom is -0.508 e. The van der Waals surface area contributed by atoms with Gasteiger partial charge in [-0.05, 0) is 50.1 Å². The summed E-state index contributed by atoms with van der Waals surface area (Å²) in [5, 5.41) is 30.0. The van der Waals surface area contributed by atoms with Crippen molar-refractivity contribution in [2.45, 2.75) is 20.3 Å². The summed E-state index contributed by atoms with van der Waals surface area (Å²) >= 11 is 0. The van der Waals surface area contributed by atoms with Crippen molar-refractivity contribution in [1.82, 2.24) is 0 Å². The van der Waals surface area contributed by atoms with Gasteiger partial charge in [0.05, 0.1) is 0 Å². The van der Waals surface area contributed by atoms with Gasteiger partial charge in [-0.2, -0.15) is 0 Å². The van der Waals surface area contributed by atoms with E-state index in [2.05, 4.69) is 6.08 Å². The zero-order valence-corrected chi connectivity index (χ0v) is 13.0. The van der Waals surface area contributed by atoms with Gasteiger partial charge < -0.3 is 19.7 Å². The molecule has 0 aliphatic heterocycles. The van der Waals surface area contributed by atoms with Crippen molar-refractivity contribution in [1.29, 1.82) is 0 Å².